The SMILES string of the molecule is CCN(c1ccccc1)c1cc(C(=O)NCCc2cccc(Cl)c2)ncn1. The zero-order valence-electron chi connectivity index (χ0n) is 15.1. The molecule has 0 saturated heterocycles. The van der Waals surface area contributed by atoms with E-state index in [9.17, 15) is 4.79 Å². The predicted octanol–water partition coefficient (Wildman–Crippen LogP) is 4.26. The molecule has 6 heteroatoms. The lowest BCUT2D eigenvalue weighted by Gasteiger charge is -2.22. The normalized spacial score (nSPS) is 10.4. The van der Waals surface area contributed by atoms with E-state index < -0.39 is 0 Å². The van der Waals surface area contributed by atoms with E-state index in [-0.39, 0.29) is 5.91 Å². The number of carbonyl (C=O) groups excluding carboxylic acids is 1. The van der Waals surface area contributed by atoms with Gasteiger partial charge in [-0.15, -0.1) is 0 Å². The molecule has 5 nitrogen and oxygen atoms in total. The number of halogens is 1. The third-order valence-electron chi connectivity index (χ3n) is 4.13. The molecule has 0 aliphatic rings. The average Bonchev–Trinajstić information content (AvgIpc) is 2.70. The number of hydrogen-bond acceptors (Lipinski definition) is 4. The van der Waals surface area contributed by atoms with Gasteiger partial charge in [0.1, 0.15) is 17.8 Å². The Hall–Kier alpha value is -2.92. The van der Waals surface area contributed by atoms with Gasteiger partial charge in [-0.1, -0.05) is 41.9 Å². The molecular weight excluding hydrogens is 360 g/mol. The van der Waals surface area contributed by atoms with Crippen molar-refractivity contribution in [1.82, 2.24) is 15.3 Å². The molecule has 0 saturated carbocycles. The van der Waals surface area contributed by atoms with Crippen LogP contribution < -0.4 is 10.2 Å². The van der Waals surface area contributed by atoms with Crippen LogP contribution in [0.25, 0.3) is 0 Å². The number of anilines is 2. The smallest absolute Gasteiger partial charge is 0.270 e. The van der Waals surface area contributed by atoms with Crippen LogP contribution in [0.3, 0.4) is 0 Å². The Kier molecular flexibility index (Phi) is 6.39. The van der Waals surface area contributed by atoms with Crippen molar-refractivity contribution < 1.29 is 4.79 Å². The number of aromatic nitrogens is 2. The summed E-state index contributed by atoms with van der Waals surface area (Å²) in [6, 6.07) is 19.3. The van der Waals surface area contributed by atoms with Crippen LogP contribution >= 0.6 is 11.6 Å². The molecule has 0 aliphatic carbocycles. The minimum absolute atomic E-state index is 0.218. The summed E-state index contributed by atoms with van der Waals surface area (Å²) in [5.41, 5.74) is 2.44. The molecular formula is C21H21ClN4O. The van der Waals surface area contributed by atoms with Crippen LogP contribution in [-0.2, 0) is 6.42 Å². The van der Waals surface area contributed by atoms with Gasteiger partial charge in [0.25, 0.3) is 5.91 Å². The molecule has 2 aromatic carbocycles. The average molecular weight is 381 g/mol. The molecule has 27 heavy (non-hydrogen) atoms. The number of para-hydroxylation sites is 1. The van der Waals surface area contributed by atoms with Gasteiger partial charge >= 0.3 is 0 Å². The van der Waals surface area contributed by atoms with E-state index in [1.807, 2.05) is 66.4 Å². The molecule has 3 aromatic rings. The van der Waals surface area contributed by atoms with Crippen LogP contribution in [0, 0.1) is 0 Å². The summed E-state index contributed by atoms with van der Waals surface area (Å²) >= 11 is 5.98. The molecule has 0 unspecified atom stereocenters. The molecule has 3 rings (SSSR count). The van der Waals surface area contributed by atoms with Gasteiger partial charge in [0.2, 0.25) is 0 Å². The summed E-state index contributed by atoms with van der Waals surface area (Å²) in [7, 11) is 0. The number of rotatable bonds is 7. The van der Waals surface area contributed by atoms with Gasteiger partial charge in [-0.3, -0.25) is 4.79 Å². The monoisotopic (exact) mass is 380 g/mol. The second kappa shape index (κ2) is 9.14. The highest BCUT2D eigenvalue weighted by Gasteiger charge is 2.13. The zero-order chi connectivity index (χ0) is 19.1. The van der Waals surface area contributed by atoms with E-state index in [0.717, 1.165) is 17.8 Å². The highest BCUT2D eigenvalue weighted by Crippen LogP contribution is 2.22. The quantitative estimate of drug-likeness (QED) is 0.665. The van der Waals surface area contributed by atoms with Crippen LogP contribution in [0.4, 0.5) is 11.5 Å². The van der Waals surface area contributed by atoms with Crippen molar-refractivity contribution in [2.75, 3.05) is 18.0 Å². The Labute approximate surface area is 164 Å². The highest BCUT2D eigenvalue weighted by atomic mass is 35.5. The van der Waals surface area contributed by atoms with Gasteiger partial charge in [0.05, 0.1) is 0 Å². The molecule has 0 atom stereocenters. The lowest BCUT2D eigenvalue weighted by atomic mass is 10.1. The summed E-state index contributed by atoms with van der Waals surface area (Å²) in [6.07, 6.45) is 2.13. The zero-order valence-corrected chi connectivity index (χ0v) is 15.9. The Balaban J connectivity index is 1.66. The van der Waals surface area contributed by atoms with Crippen LogP contribution in [0.5, 0.6) is 0 Å². The van der Waals surface area contributed by atoms with Crippen molar-refractivity contribution >= 4 is 29.0 Å². The first-order valence-corrected chi connectivity index (χ1v) is 9.22. The van der Waals surface area contributed by atoms with E-state index in [2.05, 4.69) is 15.3 Å². The Morgan fingerprint density at radius 2 is 1.89 bits per heavy atom. The third-order valence-corrected chi connectivity index (χ3v) is 4.37. The first kappa shape index (κ1) is 18.9. The standard InChI is InChI=1S/C21H21ClN4O/c1-2-26(18-9-4-3-5-10-18)20-14-19(24-15-25-20)21(27)23-12-11-16-7-6-8-17(22)13-16/h3-10,13-15H,2,11-12H2,1H3,(H,23,27). The van der Waals surface area contributed by atoms with Crippen molar-refractivity contribution in [3.63, 3.8) is 0 Å². The van der Waals surface area contributed by atoms with E-state index in [1.165, 1.54) is 6.33 Å². The summed E-state index contributed by atoms with van der Waals surface area (Å²) in [4.78, 5) is 22.9. The molecule has 1 heterocycles. The van der Waals surface area contributed by atoms with Gasteiger partial charge in [-0.25, -0.2) is 9.97 Å². The lowest BCUT2D eigenvalue weighted by Crippen LogP contribution is -2.27. The van der Waals surface area contributed by atoms with E-state index in [0.29, 0.717) is 29.5 Å². The summed E-state index contributed by atoms with van der Waals surface area (Å²) < 4.78 is 0. The maximum Gasteiger partial charge on any atom is 0.270 e. The molecule has 0 spiro atoms. The van der Waals surface area contributed by atoms with Crippen LogP contribution in [0.1, 0.15) is 23.0 Å². The fraction of sp³-hybridized carbons (Fsp3) is 0.190. The topological polar surface area (TPSA) is 58.1 Å². The van der Waals surface area contributed by atoms with Gasteiger partial charge in [0, 0.05) is 29.9 Å². The van der Waals surface area contributed by atoms with Crippen molar-refractivity contribution in [3.05, 3.63) is 83.3 Å². The first-order valence-electron chi connectivity index (χ1n) is 8.84. The Bertz CT molecular complexity index is 901. The minimum atomic E-state index is -0.218. The Morgan fingerprint density at radius 3 is 2.63 bits per heavy atom. The van der Waals surface area contributed by atoms with Gasteiger partial charge in [-0.2, -0.15) is 0 Å². The largest absolute Gasteiger partial charge is 0.350 e. The maximum atomic E-state index is 12.5. The van der Waals surface area contributed by atoms with Crippen molar-refractivity contribution in [2.45, 2.75) is 13.3 Å². The van der Waals surface area contributed by atoms with E-state index in [1.54, 1.807) is 6.07 Å². The molecule has 0 bridgehead atoms. The van der Waals surface area contributed by atoms with Crippen molar-refractivity contribution in [3.8, 4) is 0 Å². The highest BCUT2D eigenvalue weighted by molar-refractivity contribution is 6.30. The van der Waals surface area contributed by atoms with Crippen LogP contribution in [-0.4, -0.2) is 29.0 Å². The van der Waals surface area contributed by atoms with Gasteiger partial charge < -0.3 is 10.2 Å². The van der Waals surface area contributed by atoms with E-state index >= 15 is 0 Å². The Morgan fingerprint density at radius 1 is 1.07 bits per heavy atom. The number of carbonyl (C=O) groups is 1. The summed E-state index contributed by atoms with van der Waals surface area (Å²) in [6.45, 7) is 3.28. The van der Waals surface area contributed by atoms with E-state index in [4.69, 9.17) is 11.6 Å². The second-order valence-electron chi connectivity index (χ2n) is 5.98. The molecule has 0 fully saturated rings. The predicted molar refractivity (Wildman–Crippen MR) is 109 cm³/mol. The minimum Gasteiger partial charge on any atom is -0.350 e. The molecule has 1 amide bonds. The number of amides is 1. The molecule has 138 valence electrons. The molecule has 1 N–H and O–H groups in total. The second-order valence-corrected chi connectivity index (χ2v) is 6.41. The maximum absolute atomic E-state index is 12.5. The fourth-order valence-electron chi connectivity index (χ4n) is 2.81. The first-order chi connectivity index (χ1) is 13.2. The number of nitrogens with one attached hydrogen (secondary N) is 1. The number of benzene rings is 2. The van der Waals surface area contributed by atoms with Gasteiger partial charge in [0.15, 0.2) is 0 Å². The van der Waals surface area contributed by atoms with Crippen LogP contribution in [0.15, 0.2) is 67.0 Å². The van der Waals surface area contributed by atoms with Crippen LogP contribution in [0.2, 0.25) is 5.02 Å². The third kappa shape index (κ3) is 5.05. The molecule has 0 radical (unpaired) electrons. The molecule has 0 aliphatic heterocycles. The summed E-state index contributed by atoms with van der Waals surface area (Å²) in [5.74, 6) is 0.475. The number of nitrogens with zero attached hydrogens (tertiary/aromatic N) is 3. The van der Waals surface area contributed by atoms with Crippen molar-refractivity contribution in [2.24, 2.45) is 0 Å². The molecule has 1 aromatic heterocycles. The summed E-state index contributed by atoms with van der Waals surface area (Å²) in [5, 5.41) is 3.59. The van der Waals surface area contributed by atoms with Crippen molar-refractivity contribution in [1.29, 1.82) is 0 Å². The fourth-order valence-corrected chi connectivity index (χ4v) is 3.02. The van der Waals surface area contributed by atoms with Gasteiger partial charge in [-0.05, 0) is 43.2 Å². The lowest BCUT2D eigenvalue weighted by molar-refractivity contribution is 0.0949. The number of hydrogen-bond donors (Lipinski definition) is 1.